The fourth-order valence-corrected chi connectivity index (χ4v) is 2.00. The lowest BCUT2D eigenvalue weighted by atomic mass is 10.2. The third-order valence-corrected chi connectivity index (χ3v) is 3.06. The average Bonchev–Trinajstić information content (AvgIpc) is 2.40. The zero-order valence-electron chi connectivity index (χ0n) is 9.88. The number of rotatable bonds is 4. The number of para-hydroxylation sites is 1. The standard InChI is InChI=1S/C13H7Cl2NO4/c14-10-3-1-2-8(7-17)13(10)20-9-4-5-12(16(18)19)11(15)6-9/h1-7H. The molecule has 20 heavy (non-hydrogen) atoms. The Hall–Kier alpha value is -2.11. The molecule has 0 heterocycles. The van der Waals surface area contributed by atoms with Crippen LogP contribution < -0.4 is 4.74 Å². The Morgan fingerprint density at radius 1 is 1.15 bits per heavy atom. The summed E-state index contributed by atoms with van der Waals surface area (Å²) in [7, 11) is 0. The van der Waals surface area contributed by atoms with Crippen LogP contribution in [0.3, 0.4) is 0 Å². The molecule has 102 valence electrons. The summed E-state index contributed by atoms with van der Waals surface area (Å²) in [4.78, 5) is 21.0. The van der Waals surface area contributed by atoms with Gasteiger partial charge in [-0.05, 0) is 18.2 Å². The summed E-state index contributed by atoms with van der Waals surface area (Å²) in [5.41, 5.74) is 0.0424. The van der Waals surface area contributed by atoms with E-state index in [4.69, 9.17) is 27.9 Å². The van der Waals surface area contributed by atoms with Gasteiger partial charge >= 0.3 is 0 Å². The van der Waals surface area contributed by atoms with Crippen molar-refractivity contribution in [3.05, 3.63) is 62.1 Å². The summed E-state index contributed by atoms with van der Waals surface area (Å²) in [5, 5.41) is 10.8. The maximum absolute atomic E-state index is 10.9. The van der Waals surface area contributed by atoms with Crippen LogP contribution in [-0.4, -0.2) is 11.2 Å². The number of ether oxygens (including phenoxy) is 1. The number of halogens is 2. The molecule has 0 radical (unpaired) electrons. The number of benzene rings is 2. The van der Waals surface area contributed by atoms with Gasteiger partial charge in [-0.1, -0.05) is 29.3 Å². The Balaban J connectivity index is 2.38. The number of nitrogens with zero attached hydrogens (tertiary/aromatic N) is 1. The van der Waals surface area contributed by atoms with Crippen molar-refractivity contribution in [1.29, 1.82) is 0 Å². The first-order valence-electron chi connectivity index (χ1n) is 5.38. The molecule has 0 saturated heterocycles. The molecule has 7 heteroatoms. The molecule has 0 fully saturated rings. The number of carbonyl (C=O) groups excluding carboxylic acids is 1. The summed E-state index contributed by atoms with van der Waals surface area (Å²) in [5.74, 6) is 0.422. The first-order chi connectivity index (χ1) is 9.52. The molecule has 0 amide bonds. The van der Waals surface area contributed by atoms with Crippen molar-refractivity contribution in [2.75, 3.05) is 0 Å². The highest BCUT2D eigenvalue weighted by Crippen LogP contribution is 2.35. The molecule has 0 saturated carbocycles. The molecule has 0 N–H and O–H groups in total. The van der Waals surface area contributed by atoms with E-state index in [1.165, 1.54) is 18.2 Å². The van der Waals surface area contributed by atoms with Crippen LogP contribution in [0.15, 0.2) is 36.4 Å². The van der Waals surface area contributed by atoms with E-state index in [0.717, 1.165) is 0 Å². The van der Waals surface area contributed by atoms with Crippen LogP contribution >= 0.6 is 23.2 Å². The van der Waals surface area contributed by atoms with Crippen LogP contribution in [0.2, 0.25) is 10.0 Å². The molecule has 0 bridgehead atoms. The monoisotopic (exact) mass is 311 g/mol. The summed E-state index contributed by atoms with van der Waals surface area (Å²) in [6, 6.07) is 8.61. The lowest BCUT2D eigenvalue weighted by Crippen LogP contribution is -1.93. The summed E-state index contributed by atoms with van der Waals surface area (Å²) in [6.45, 7) is 0. The van der Waals surface area contributed by atoms with Crippen LogP contribution in [0, 0.1) is 10.1 Å². The number of aldehydes is 1. The van der Waals surface area contributed by atoms with Crippen molar-refractivity contribution in [3.8, 4) is 11.5 Å². The van der Waals surface area contributed by atoms with Crippen molar-refractivity contribution in [2.45, 2.75) is 0 Å². The lowest BCUT2D eigenvalue weighted by Gasteiger charge is -2.09. The molecule has 0 unspecified atom stereocenters. The topological polar surface area (TPSA) is 69.4 Å². The summed E-state index contributed by atoms with van der Waals surface area (Å²) >= 11 is 11.7. The number of nitro benzene ring substituents is 1. The molecule has 0 aliphatic heterocycles. The minimum atomic E-state index is -0.599. The molecule has 2 aromatic rings. The van der Waals surface area contributed by atoms with E-state index in [2.05, 4.69) is 0 Å². The molecule has 0 atom stereocenters. The molecule has 5 nitrogen and oxygen atoms in total. The van der Waals surface area contributed by atoms with Gasteiger partial charge in [0.05, 0.1) is 15.5 Å². The minimum absolute atomic E-state index is 0.0628. The van der Waals surface area contributed by atoms with Gasteiger partial charge in [0.15, 0.2) is 12.0 Å². The first kappa shape index (κ1) is 14.3. The second-order valence-corrected chi connectivity index (χ2v) is 4.56. The first-order valence-corrected chi connectivity index (χ1v) is 6.14. The summed E-state index contributed by atoms with van der Waals surface area (Å²) < 4.78 is 5.48. The highest BCUT2D eigenvalue weighted by atomic mass is 35.5. The Morgan fingerprint density at radius 3 is 2.50 bits per heavy atom. The summed E-state index contributed by atoms with van der Waals surface area (Å²) in [6.07, 6.45) is 0.605. The van der Waals surface area contributed by atoms with Crippen molar-refractivity contribution in [3.63, 3.8) is 0 Å². The van der Waals surface area contributed by atoms with E-state index in [9.17, 15) is 14.9 Å². The normalized spacial score (nSPS) is 10.1. The Bertz CT molecular complexity index is 688. The van der Waals surface area contributed by atoms with Gasteiger partial charge in [-0.3, -0.25) is 14.9 Å². The van der Waals surface area contributed by atoms with Crippen molar-refractivity contribution in [2.24, 2.45) is 0 Å². The molecule has 0 aliphatic carbocycles. The maximum Gasteiger partial charge on any atom is 0.288 e. The molecule has 0 spiro atoms. The van der Waals surface area contributed by atoms with E-state index < -0.39 is 4.92 Å². The Morgan fingerprint density at radius 2 is 1.90 bits per heavy atom. The van der Waals surface area contributed by atoms with E-state index in [-0.39, 0.29) is 32.8 Å². The van der Waals surface area contributed by atoms with Gasteiger partial charge in [0.1, 0.15) is 10.8 Å². The minimum Gasteiger partial charge on any atom is -0.455 e. The predicted octanol–water partition coefficient (Wildman–Crippen LogP) is 4.51. The molecule has 2 aromatic carbocycles. The SMILES string of the molecule is O=Cc1cccc(Cl)c1Oc1ccc([N+](=O)[O-])c(Cl)c1. The van der Waals surface area contributed by atoms with Gasteiger partial charge < -0.3 is 4.74 Å². The molecular formula is C13H7Cl2NO4. The van der Waals surface area contributed by atoms with E-state index in [1.54, 1.807) is 18.2 Å². The fraction of sp³-hybridized carbons (Fsp3) is 0. The highest BCUT2D eigenvalue weighted by Gasteiger charge is 2.14. The smallest absolute Gasteiger partial charge is 0.288 e. The largest absolute Gasteiger partial charge is 0.455 e. The van der Waals surface area contributed by atoms with Gasteiger partial charge in [-0.2, -0.15) is 0 Å². The predicted molar refractivity (Wildman–Crippen MR) is 75.0 cm³/mol. The maximum atomic E-state index is 10.9. The van der Waals surface area contributed by atoms with Crippen molar-refractivity contribution in [1.82, 2.24) is 0 Å². The quantitative estimate of drug-likeness (QED) is 0.473. The van der Waals surface area contributed by atoms with Crippen LogP contribution in [0.5, 0.6) is 11.5 Å². The Labute approximate surface area is 123 Å². The van der Waals surface area contributed by atoms with E-state index in [1.807, 2.05) is 0 Å². The van der Waals surface area contributed by atoms with Gasteiger partial charge in [0, 0.05) is 12.1 Å². The highest BCUT2D eigenvalue weighted by molar-refractivity contribution is 6.33. The van der Waals surface area contributed by atoms with Gasteiger partial charge in [-0.25, -0.2) is 0 Å². The number of carbonyl (C=O) groups is 1. The van der Waals surface area contributed by atoms with Crippen LogP contribution in [-0.2, 0) is 0 Å². The second-order valence-electron chi connectivity index (χ2n) is 3.75. The van der Waals surface area contributed by atoms with Crippen LogP contribution in [0.4, 0.5) is 5.69 Å². The second kappa shape index (κ2) is 5.90. The third-order valence-electron chi connectivity index (χ3n) is 2.46. The van der Waals surface area contributed by atoms with Crippen molar-refractivity contribution < 1.29 is 14.5 Å². The average molecular weight is 312 g/mol. The lowest BCUT2D eigenvalue weighted by molar-refractivity contribution is -0.384. The third kappa shape index (κ3) is 2.89. The number of nitro groups is 1. The molecule has 0 aromatic heterocycles. The van der Waals surface area contributed by atoms with Crippen LogP contribution in [0.1, 0.15) is 10.4 Å². The van der Waals surface area contributed by atoms with Crippen LogP contribution in [0.25, 0.3) is 0 Å². The molecular weight excluding hydrogens is 305 g/mol. The fourth-order valence-electron chi connectivity index (χ4n) is 1.54. The van der Waals surface area contributed by atoms with E-state index in [0.29, 0.717) is 6.29 Å². The van der Waals surface area contributed by atoms with Gasteiger partial charge in [0.25, 0.3) is 5.69 Å². The zero-order valence-corrected chi connectivity index (χ0v) is 11.4. The molecule has 0 aliphatic rings. The number of hydrogen-bond donors (Lipinski definition) is 0. The molecule has 2 rings (SSSR count). The van der Waals surface area contributed by atoms with Gasteiger partial charge in [-0.15, -0.1) is 0 Å². The van der Waals surface area contributed by atoms with Crippen molar-refractivity contribution >= 4 is 35.2 Å². The zero-order chi connectivity index (χ0) is 14.7. The Kier molecular flexibility index (Phi) is 4.22. The number of hydrogen-bond acceptors (Lipinski definition) is 4. The van der Waals surface area contributed by atoms with Gasteiger partial charge in [0.2, 0.25) is 0 Å². The van der Waals surface area contributed by atoms with E-state index >= 15 is 0 Å².